The Hall–Kier alpha value is 0.300. The summed E-state index contributed by atoms with van der Waals surface area (Å²) in [5.41, 5.74) is 5.12. The lowest BCUT2D eigenvalue weighted by Crippen LogP contribution is -2.04. The van der Waals surface area contributed by atoms with Crippen molar-refractivity contribution >= 4 is 33.9 Å². The lowest BCUT2D eigenvalue weighted by atomic mass is 10.3. The highest BCUT2D eigenvalue weighted by Crippen LogP contribution is 2.03. The number of nitrogens with two attached hydrogens (primary N) is 1. The molecule has 3 N–H and O–H groups in total. The number of rotatable bonds is 4. The molecule has 62 valence electrons. The molecular weight excluding hydrogens is 212 g/mol. The predicted octanol–water partition coefficient (Wildman–Crippen LogP) is 2.38. The summed E-state index contributed by atoms with van der Waals surface area (Å²) in [6.45, 7) is 2.17. The summed E-state index contributed by atoms with van der Waals surface area (Å²) >= 11 is 1.43. The highest BCUT2D eigenvalue weighted by molar-refractivity contribution is 8.93. The molecule has 10 heavy (non-hydrogen) atoms. The molecule has 0 rings (SSSR count). The van der Waals surface area contributed by atoms with Gasteiger partial charge in [-0.1, -0.05) is 31.5 Å². The maximum Gasteiger partial charge on any atom is 0.151 e. The molecule has 0 unspecified atom stereocenters. The van der Waals surface area contributed by atoms with Gasteiger partial charge in [-0.3, -0.25) is 5.41 Å². The van der Waals surface area contributed by atoms with Gasteiger partial charge in [0.1, 0.15) is 0 Å². The largest absolute Gasteiger partial charge is 0.379 e. The van der Waals surface area contributed by atoms with Crippen LogP contribution in [0.25, 0.3) is 0 Å². The second-order valence-electron chi connectivity index (χ2n) is 1.92. The minimum absolute atomic E-state index is 0. The van der Waals surface area contributed by atoms with E-state index in [9.17, 15) is 0 Å². The summed E-state index contributed by atoms with van der Waals surface area (Å²) in [7, 11) is 0. The van der Waals surface area contributed by atoms with Crippen molar-refractivity contribution in [1.29, 1.82) is 5.41 Å². The van der Waals surface area contributed by atoms with E-state index in [0.717, 1.165) is 5.75 Å². The first-order valence-corrected chi connectivity index (χ1v) is 4.22. The number of thioether (sulfide) groups is 1. The molecule has 0 amide bonds. The summed E-state index contributed by atoms with van der Waals surface area (Å²) in [5, 5.41) is 7.11. The van der Waals surface area contributed by atoms with Crippen LogP contribution in [-0.2, 0) is 0 Å². The molecule has 0 aliphatic rings. The van der Waals surface area contributed by atoms with E-state index in [2.05, 4.69) is 6.92 Å². The third-order valence-electron chi connectivity index (χ3n) is 1.01. The summed E-state index contributed by atoms with van der Waals surface area (Å²) in [4.78, 5) is 0. The topological polar surface area (TPSA) is 49.9 Å². The molecule has 0 bridgehead atoms. The Labute approximate surface area is 77.2 Å². The van der Waals surface area contributed by atoms with Crippen molar-refractivity contribution in [1.82, 2.24) is 0 Å². The summed E-state index contributed by atoms with van der Waals surface area (Å²) in [6, 6.07) is 0. The van der Waals surface area contributed by atoms with Gasteiger partial charge in [-0.05, 0) is 6.42 Å². The average Bonchev–Trinajstić information content (AvgIpc) is 1.80. The third kappa shape index (κ3) is 11.1. The second-order valence-corrected chi connectivity index (χ2v) is 3.06. The zero-order chi connectivity index (χ0) is 7.11. The van der Waals surface area contributed by atoms with Crippen molar-refractivity contribution in [3.8, 4) is 0 Å². The lowest BCUT2D eigenvalue weighted by molar-refractivity contribution is 0.779. The molecule has 0 atom stereocenters. The van der Waals surface area contributed by atoms with Gasteiger partial charge in [0, 0.05) is 5.75 Å². The molecular formula is C6H15BrN2S. The molecule has 0 aromatic rings. The monoisotopic (exact) mass is 226 g/mol. The van der Waals surface area contributed by atoms with Crippen molar-refractivity contribution in [3.05, 3.63) is 0 Å². The standard InChI is InChI=1S/C6H14N2S.BrH/c1-2-3-4-5-9-6(7)8;/h2-5H2,1H3,(H3,7,8);1H. The molecule has 0 heterocycles. The number of unbranched alkanes of at least 4 members (excludes halogenated alkanes) is 2. The Kier molecular flexibility index (Phi) is 12.0. The van der Waals surface area contributed by atoms with E-state index in [0.29, 0.717) is 0 Å². The van der Waals surface area contributed by atoms with E-state index >= 15 is 0 Å². The highest BCUT2D eigenvalue weighted by Gasteiger charge is 1.88. The van der Waals surface area contributed by atoms with Crippen LogP contribution in [-0.4, -0.2) is 10.9 Å². The highest BCUT2D eigenvalue weighted by atomic mass is 79.9. The maximum absolute atomic E-state index is 6.87. The SMILES string of the molecule is Br.CCCCCSC(=N)N. The molecule has 0 saturated heterocycles. The van der Waals surface area contributed by atoms with E-state index < -0.39 is 0 Å². The number of halogens is 1. The number of amidine groups is 1. The van der Waals surface area contributed by atoms with Gasteiger partial charge in [0.05, 0.1) is 0 Å². The van der Waals surface area contributed by atoms with Crippen molar-refractivity contribution in [2.75, 3.05) is 5.75 Å². The minimum atomic E-state index is 0. The molecule has 0 aromatic carbocycles. The van der Waals surface area contributed by atoms with Gasteiger partial charge in [0.25, 0.3) is 0 Å². The van der Waals surface area contributed by atoms with Crippen molar-refractivity contribution in [2.24, 2.45) is 5.73 Å². The van der Waals surface area contributed by atoms with Crippen LogP contribution in [0.4, 0.5) is 0 Å². The van der Waals surface area contributed by atoms with Crippen molar-refractivity contribution in [3.63, 3.8) is 0 Å². The van der Waals surface area contributed by atoms with E-state index in [-0.39, 0.29) is 22.1 Å². The number of hydrogen-bond donors (Lipinski definition) is 2. The van der Waals surface area contributed by atoms with Crippen LogP contribution < -0.4 is 5.73 Å². The average molecular weight is 227 g/mol. The molecule has 0 aromatic heterocycles. The van der Waals surface area contributed by atoms with Crippen LogP contribution in [0.3, 0.4) is 0 Å². The number of nitrogens with one attached hydrogen (secondary N) is 1. The van der Waals surface area contributed by atoms with Gasteiger partial charge in [-0.2, -0.15) is 0 Å². The smallest absolute Gasteiger partial charge is 0.151 e. The molecule has 2 nitrogen and oxygen atoms in total. The van der Waals surface area contributed by atoms with Gasteiger partial charge in [-0.25, -0.2) is 0 Å². The Balaban J connectivity index is 0. The summed E-state index contributed by atoms with van der Waals surface area (Å²) in [6.07, 6.45) is 3.67. The minimum Gasteiger partial charge on any atom is -0.379 e. The molecule has 0 spiro atoms. The van der Waals surface area contributed by atoms with E-state index in [1.165, 1.54) is 31.0 Å². The molecule has 0 fully saturated rings. The quantitative estimate of drug-likeness (QED) is 0.440. The summed E-state index contributed by atoms with van der Waals surface area (Å²) in [5.74, 6) is 1.00. The second kappa shape index (κ2) is 9.30. The fraction of sp³-hybridized carbons (Fsp3) is 0.833. The fourth-order valence-electron chi connectivity index (χ4n) is 0.534. The maximum atomic E-state index is 6.87. The van der Waals surface area contributed by atoms with E-state index in [1.54, 1.807) is 0 Å². The Morgan fingerprint density at radius 2 is 2.10 bits per heavy atom. The van der Waals surface area contributed by atoms with Gasteiger partial charge >= 0.3 is 0 Å². The molecule has 4 heteroatoms. The molecule has 0 radical (unpaired) electrons. The fourth-order valence-corrected chi connectivity index (χ4v) is 1.10. The lowest BCUT2D eigenvalue weighted by Gasteiger charge is -1.95. The van der Waals surface area contributed by atoms with Crippen LogP contribution in [0.1, 0.15) is 26.2 Å². The normalized spacial score (nSPS) is 8.50. The van der Waals surface area contributed by atoms with Gasteiger partial charge in [0.15, 0.2) is 5.17 Å². The summed E-state index contributed by atoms with van der Waals surface area (Å²) < 4.78 is 0. The third-order valence-corrected chi connectivity index (χ3v) is 1.81. The zero-order valence-corrected chi connectivity index (χ0v) is 8.75. The first kappa shape index (κ1) is 12.9. The van der Waals surface area contributed by atoms with Crippen LogP contribution in [0.2, 0.25) is 0 Å². The Bertz CT molecular complexity index is 87.8. The van der Waals surface area contributed by atoms with Gasteiger partial charge in [0.2, 0.25) is 0 Å². The molecule has 0 saturated carbocycles. The van der Waals surface area contributed by atoms with Crippen LogP contribution in [0.5, 0.6) is 0 Å². The molecule has 0 aliphatic heterocycles. The van der Waals surface area contributed by atoms with Gasteiger partial charge < -0.3 is 5.73 Å². The van der Waals surface area contributed by atoms with Crippen LogP contribution in [0, 0.1) is 5.41 Å². The Morgan fingerprint density at radius 1 is 1.50 bits per heavy atom. The molecule has 0 aliphatic carbocycles. The predicted molar refractivity (Wildman–Crippen MR) is 54.2 cm³/mol. The first-order chi connectivity index (χ1) is 4.27. The van der Waals surface area contributed by atoms with Crippen LogP contribution >= 0.6 is 28.7 Å². The van der Waals surface area contributed by atoms with Crippen LogP contribution in [0.15, 0.2) is 0 Å². The van der Waals surface area contributed by atoms with Gasteiger partial charge in [-0.15, -0.1) is 17.0 Å². The Morgan fingerprint density at radius 3 is 2.50 bits per heavy atom. The van der Waals surface area contributed by atoms with E-state index in [1.807, 2.05) is 0 Å². The number of hydrogen-bond acceptors (Lipinski definition) is 2. The first-order valence-electron chi connectivity index (χ1n) is 3.24. The van der Waals surface area contributed by atoms with E-state index in [4.69, 9.17) is 11.1 Å². The van der Waals surface area contributed by atoms with Crippen molar-refractivity contribution in [2.45, 2.75) is 26.2 Å². The zero-order valence-electron chi connectivity index (χ0n) is 6.22. The van der Waals surface area contributed by atoms with Crippen molar-refractivity contribution < 1.29 is 0 Å².